The summed E-state index contributed by atoms with van der Waals surface area (Å²) in [7, 11) is 0. The molecule has 88 valence electrons. The van der Waals surface area contributed by atoms with E-state index < -0.39 is 0 Å². The first kappa shape index (κ1) is 11.4. The minimum atomic E-state index is 0.0444. The Morgan fingerprint density at radius 1 is 1.35 bits per heavy atom. The summed E-state index contributed by atoms with van der Waals surface area (Å²) in [6.45, 7) is 2.55. The molecule has 4 nitrogen and oxygen atoms in total. The molecule has 0 bridgehead atoms. The fourth-order valence-corrected chi connectivity index (χ4v) is 1.55. The molecule has 17 heavy (non-hydrogen) atoms. The molecule has 1 aromatic heterocycles. The number of hydrogen-bond acceptors (Lipinski definition) is 3. The normalized spacial score (nSPS) is 10.2. The van der Waals surface area contributed by atoms with Crippen molar-refractivity contribution in [3.8, 4) is 5.75 Å². The highest BCUT2D eigenvalue weighted by molar-refractivity contribution is 5.97. The highest BCUT2D eigenvalue weighted by atomic mass is 16.5. The number of carbonyl (C=O) groups is 1. The number of ether oxygens (including phenoxy) is 1. The number of ketones is 1. The average molecular weight is 230 g/mol. The molecular weight excluding hydrogens is 216 g/mol. The van der Waals surface area contributed by atoms with Gasteiger partial charge in [0.1, 0.15) is 11.6 Å². The topological polar surface area (TPSA) is 55.0 Å². The van der Waals surface area contributed by atoms with Gasteiger partial charge in [0.05, 0.1) is 13.0 Å². The highest BCUT2D eigenvalue weighted by Gasteiger charge is 2.08. The van der Waals surface area contributed by atoms with Gasteiger partial charge in [-0.1, -0.05) is 0 Å². The fourth-order valence-electron chi connectivity index (χ4n) is 1.55. The Bertz CT molecular complexity index is 475. The number of hydrogen-bond donors (Lipinski definition) is 1. The summed E-state index contributed by atoms with van der Waals surface area (Å²) in [6.07, 6.45) is 3.64. The van der Waals surface area contributed by atoms with Gasteiger partial charge >= 0.3 is 0 Å². The number of imidazole rings is 1. The van der Waals surface area contributed by atoms with Crippen LogP contribution in [0.15, 0.2) is 36.7 Å². The summed E-state index contributed by atoms with van der Waals surface area (Å²) in [4.78, 5) is 18.8. The van der Waals surface area contributed by atoms with E-state index in [1.807, 2.05) is 6.92 Å². The maximum Gasteiger partial charge on any atom is 0.170 e. The molecule has 1 aromatic carbocycles. The zero-order valence-corrected chi connectivity index (χ0v) is 9.64. The van der Waals surface area contributed by atoms with Crippen LogP contribution in [-0.4, -0.2) is 22.4 Å². The van der Waals surface area contributed by atoms with E-state index in [2.05, 4.69) is 9.97 Å². The van der Waals surface area contributed by atoms with Crippen LogP contribution in [0.1, 0.15) is 23.1 Å². The first-order chi connectivity index (χ1) is 8.29. The van der Waals surface area contributed by atoms with Crippen molar-refractivity contribution in [2.75, 3.05) is 6.61 Å². The monoisotopic (exact) mass is 230 g/mol. The number of aromatic nitrogens is 2. The standard InChI is InChI=1S/C13H14N2O2/c1-2-17-11-5-3-10(4-6-11)12(16)9-13-14-7-8-15-13/h3-8H,2,9H2,1H3,(H,14,15). The average Bonchev–Trinajstić information content (AvgIpc) is 2.83. The van der Waals surface area contributed by atoms with E-state index >= 15 is 0 Å². The number of benzene rings is 1. The number of nitrogens with zero attached hydrogens (tertiary/aromatic N) is 1. The molecule has 1 N–H and O–H groups in total. The van der Waals surface area contributed by atoms with Crippen molar-refractivity contribution in [3.05, 3.63) is 48.0 Å². The second kappa shape index (κ2) is 5.30. The Hall–Kier alpha value is -2.10. The summed E-state index contributed by atoms with van der Waals surface area (Å²) < 4.78 is 5.32. The molecule has 0 fully saturated rings. The fraction of sp³-hybridized carbons (Fsp3) is 0.231. The molecule has 0 spiro atoms. The van der Waals surface area contributed by atoms with E-state index in [0.29, 0.717) is 24.4 Å². The molecule has 4 heteroatoms. The largest absolute Gasteiger partial charge is 0.494 e. The Kier molecular flexibility index (Phi) is 3.55. The maximum atomic E-state index is 11.9. The van der Waals surface area contributed by atoms with E-state index in [4.69, 9.17) is 4.74 Å². The second-order valence-corrected chi connectivity index (χ2v) is 3.59. The van der Waals surface area contributed by atoms with Gasteiger partial charge < -0.3 is 9.72 Å². The minimum absolute atomic E-state index is 0.0444. The third-order valence-corrected chi connectivity index (χ3v) is 2.37. The van der Waals surface area contributed by atoms with Crippen molar-refractivity contribution in [2.24, 2.45) is 0 Å². The van der Waals surface area contributed by atoms with Crippen LogP contribution in [0.4, 0.5) is 0 Å². The summed E-state index contributed by atoms with van der Waals surface area (Å²) in [5.41, 5.74) is 0.671. The van der Waals surface area contributed by atoms with Gasteiger partial charge in [-0.3, -0.25) is 4.79 Å². The van der Waals surface area contributed by atoms with Crippen molar-refractivity contribution in [3.63, 3.8) is 0 Å². The molecule has 0 unspecified atom stereocenters. The van der Waals surface area contributed by atoms with E-state index in [1.165, 1.54) is 0 Å². The molecule has 0 saturated carbocycles. The van der Waals surface area contributed by atoms with Crippen LogP contribution < -0.4 is 4.74 Å². The van der Waals surface area contributed by atoms with Crippen molar-refractivity contribution in [2.45, 2.75) is 13.3 Å². The molecule has 2 rings (SSSR count). The number of nitrogens with one attached hydrogen (secondary N) is 1. The van der Waals surface area contributed by atoms with Crippen LogP contribution in [0, 0.1) is 0 Å². The van der Waals surface area contributed by atoms with E-state index in [-0.39, 0.29) is 5.78 Å². The third-order valence-electron chi connectivity index (χ3n) is 2.37. The summed E-state index contributed by atoms with van der Waals surface area (Å²) in [6, 6.07) is 7.16. The maximum absolute atomic E-state index is 11.9. The Morgan fingerprint density at radius 3 is 2.71 bits per heavy atom. The zero-order valence-electron chi connectivity index (χ0n) is 9.64. The first-order valence-electron chi connectivity index (χ1n) is 5.54. The molecule has 0 amide bonds. The number of aromatic amines is 1. The van der Waals surface area contributed by atoms with Crippen LogP contribution >= 0.6 is 0 Å². The van der Waals surface area contributed by atoms with Gasteiger partial charge in [0.2, 0.25) is 0 Å². The van der Waals surface area contributed by atoms with Gasteiger partial charge in [0, 0.05) is 18.0 Å². The van der Waals surface area contributed by atoms with Crippen LogP contribution in [0.3, 0.4) is 0 Å². The van der Waals surface area contributed by atoms with Crippen molar-refractivity contribution in [1.29, 1.82) is 0 Å². The molecular formula is C13H14N2O2. The molecule has 2 aromatic rings. The molecule has 0 aliphatic heterocycles. The lowest BCUT2D eigenvalue weighted by Gasteiger charge is -2.03. The lowest BCUT2D eigenvalue weighted by molar-refractivity contribution is 0.0991. The first-order valence-corrected chi connectivity index (χ1v) is 5.54. The van der Waals surface area contributed by atoms with E-state index in [1.54, 1.807) is 36.7 Å². The predicted octanol–water partition coefficient (Wildman–Crippen LogP) is 2.23. The SMILES string of the molecule is CCOc1ccc(C(=O)Cc2ncc[nH]2)cc1. The Labute approximate surface area is 99.7 Å². The molecule has 0 radical (unpaired) electrons. The summed E-state index contributed by atoms with van der Waals surface area (Å²) in [5, 5.41) is 0. The van der Waals surface area contributed by atoms with Crippen molar-refractivity contribution >= 4 is 5.78 Å². The lowest BCUT2D eigenvalue weighted by Crippen LogP contribution is -2.04. The molecule has 0 aliphatic carbocycles. The van der Waals surface area contributed by atoms with Gasteiger partial charge in [-0.25, -0.2) is 4.98 Å². The summed E-state index contributed by atoms with van der Waals surface area (Å²) in [5.74, 6) is 1.51. The number of rotatable bonds is 5. The van der Waals surface area contributed by atoms with Gasteiger partial charge in [0.15, 0.2) is 5.78 Å². The van der Waals surface area contributed by atoms with Crippen molar-refractivity contribution < 1.29 is 9.53 Å². The quantitative estimate of drug-likeness (QED) is 0.801. The van der Waals surface area contributed by atoms with Crippen LogP contribution in [0.25, 0.3) is 0 Å². The Balaban J connectivity index is 2.04. The van der Waals surface area contributed by atoms with Crippen LogP contribution in [-0.2, 0) is 6.42 Å². The Morgan fingerprint density at radius 2 is 2.12 bits per heavy atom. The van der Waals surface area contributed by atoms with Gasteiger partial charge in [0.25, 0.3) is 0 Å². The number of Topliss-reactive ketones (excluding diaryl/α,β-unsaturated/α-hetero) is 1. The summed E-state index contributed by atoms with van der Waals surface area (Å²) >= 11 is 0. The zero-order chi connectivity index (χ0) is 12.1. The number of carbonyl (C=O) groups excluding carboxylic acids is 1. The predicted molar refractivity (Wildman–Crippen MR) is 64.2 cm³/mol. The second-order valence-electron chi connectivity index (χ2n) is 3.59. The smallest absolute Gasteiger partial charge is 0.170 e. The van der Waals surface area contributed by atoms with Crippen molar-refractivity contribution in [1.82, 2.24) is 9.97 Å². The number of H-pyrrole nitrogens is 1. The molecule has 0 saturated heterocycles. The highest BCUT2D eigenvalue weighted by Crippen LogP contribution is 2.13. The van der Waals surface area contributed by atoms with Crippen LogP contribution in [0.5, 0.6) is 5.75 Å². The van der Waals surface area contributed by atoms with Gasteiger partial charge in [-0.05, 0) is 31.2 Å². The van der Waals surface area contributed by atoms with E-state index in [9.17, 15) is 4.79 Å². The van der Waals surface area contributed by atoms with Gasteiger partial charge in [-0.15, -0.1) is 0 Å². The lowest BCUT2D eigenvalue weighted by atomic mass is 10.1. The van der Waals surface area contributed by atoms with Gasteiger partial charge in [-0.2, -0.15) is 0 Å². The minimum Gasteiger partial charge on any atom is -0.494 e. The molecule has 0 aliphatic rings. The van der Waals surface area contributed by atoms with E-state index in [0.717, 1.165) is 5.75 Å². The third kappa shape index (κ3) is 2.93. The molecule has 0 atom stereocenters. The molecule has 1 heterocycles. The van der Waals surface area contributed by atoms with Crippen LogP contribution in [0.2, 0.25) is 0 Å².